The normalized spacial score (nSPS) is 11.9. The number of amides is 1. The molecule has 0 fully saturated rings. The molecule has 0 radical (unpaired) electrons. The fraction of sp³-hybridized carbons (Fsp3) is 0.611. The van der Waals surface area contributed by atoms with Crippen molar-refractivity contribution in [1.82, 2.24) is 0 Å². The number of hydrogen-bond acceptors (Lipinski definition) is 1. The number of hydrogen-bond donors (Lipinski definition) is 2. The zero-order valence-corrected chi connectivity index (χ0v) is 15.4. The van der Waals surface area contributed by atoms with Crippen LogP contribution in [-0.2, 0) is 4.79 Å². The summed E-state index contributed by atoms with van der Waals surface area (Å²) in [5.74, 6) is 0.166. The van der Waals surface area contributed by atoms with Crippen molar-refractivity contribution in [3.63, 3.8) is 0 Å². The molecule has 2 N–H and O–H groups in total. The highest BCUT2D eigenvalue weighted by Gasteiger charge is 2.27. The van der Waals surface area contributed by atoms with Gasteiger partial charge in [0.2, 0.25) is 0 Å². The number of benzene rings is 1. The van der Waals surface area contributed by atoms with Crippen LogP contribution < -0.4 is 22.6 Å². The molecule has 0 aliphatic carbocycles. The van der Waals surface area contributed by atoms with Crippen molar-refractivity contribution in [3.05, 3.63) is 29.3 Å². The van der Waals surface area contributed by atoms with Crippen LogP contribution >= 0.6 is 0 Å². The molecule has 0 aliphatic heterocycles. The van der Waals surface area contributed by atoms with Crippen LogP contribution in [0.5, 0.6) is 0 Å². The third-order valence-corrected chi connectivity index (χ3v) is 4.29. The number of quaternary nitrogens is 1. The summed E-state index contributed by atoms with van der Waals surface area (Å²) in [6.07, 6.45) is 3.20. The molecule has 0 spiro atoms. The Morgan fingerprint density at radius 2 is 1.68 bits per heavy atom. The molecule has 0 heterocycles. The lowest BCUT2D eigenvalue weighted by Gasteiger charge is -2.26. The van der Waals surface area contributed by atoms with Crippen molar-refractivity contribution in [1.29, 1.82) is 0 Å². The second-order valence-electron chi connectivity index (χ2n) is 5.82. The molecule has 22 heavy (non-hydrogen) atoms. The maximum atomic E-state index is 12.8. The Morgan fingerprint density at radius 3 is 2.14 bits per heavy atom. The highest BCUT2D eigenvalue weighted by molar-refractivity contribution is 5.95. The monoisotopic (exact) mass is 326 g/mol. The first kappa shape index (κ1) is 20.9. The number of halogens is 1. The Balaban J connectivity index is 0.00000441. The van der Waals surface area contributed by atoms with Gasteiger partial charge in [-0.3, -0.25) is 4.79 Å². The molecule has 0 saturated carbocycles. The van der Waals surface area contributed by atoms with Crippen LogP contribution in [0.4, 0.5) is 5.69 Å². The summed E-state index contributed by atoms with van der Waals surface area (Å²) in [5, 5.41) is 3.18. The van der Waals surface area contributed by atoms with E-state index in [2.05, 4.69) is 26.1 Å². The van der Waals surface area contributed by atoms with Crippen LogP contribution in [0.3, 0.4) is 0 Å². The van der Waals surface area contributed by atoms with Crippen molar-refractivity contribution in [3.8, 4) is 0 Å². The fourth-order valence-electron chi connectivity index (χ4n) is 2.89. The van der Waals surface area contributed by atoms with Gasteiger partial charge in [-0.1, -0.05) is 31.5 Å². The van der Waals surface area contributed by atoms with Gasteiger partial charge in [0.05, 0.1) is 13.1 Å². The van der Waals surface area contributed by atoms with Crippen LogP contribution in [0.1, 0.15) is 51.2 Å². The Bertz CT molecular complexity index is 438. The van der Waals surface area contributed by atoms with Gasteiger partial charge in [-0.05, 0) is 45.2 Å². The highest BCUT2D eigenvalue weighted by Crippen LogP contribution is 2.19. The number of anilines is 1. The molecule has 4 heteroatoms. The van der Waals surface area contributed by atoms with E-state index < -0.39 is 0 Å². The van der Waals surface area contributed by atoms with Crippen molar-refractivity contribution in [2.24, 2.45) is 0 Å². The molecule has 1 unspecified atom stereocenters. The molecule has 0 aromatic heterocycles. The SMILES string of the molecule is CCCCC(C(=O)Nc1c(C)cccc1C)[NH+](CC)CC.[Cl-]. The lowest BCUT2D eigenvalue weighted by molar-refractivity contribution is -0.912. The van der Waals surface area contributed by atoms with Crippen LogP contribution in [0.2, 0.25) is 0 Å². The van der Waals surface area contributed by atoms with Gasteiger partial charge in [-0.25, -0.2) is 0 Å². The summed E-state index contributed by atoms with van der Waals surface area (Å²) in [5.41, 5.74) is 3.25. The Morgan fingerprint density at radius 1 is 1.14 bits per heavy atom. The standard InChI is InChI=1S/C18H30N2O.ClH/c1-6-9-13-16(20(7-2)8-3)18(21)19-17-14(4)11-10-12-15(17)5;/h10-12,16H,6-9,13H2,1-5H3,(H,19,21);1H. The molecule has 1 aromatic carbocycles. The van der Waals surface area contributed by atoms with Gasteiger partial charge in [0.15, 0.2) is 6.04 Å². The number of nitrogens with one attached hydrogen (secondary N) is 2. The van der Waals surface area contributed by atoms with Crippen molar-refractivity contribution < 1.29 is 22.1 Å². The summed E-state index contributed by atoms with van der Waals surface area (Å²) in [7, 11) is 0. The zero-order chi connectivity index (χ0) is 15.8. The fourth-order valence-corrected chi connectivity index (χ4v) is 2.89. The zero-order valence-electron chi connectivity index (χ0n) is 14.6. The molecule has 1 rings (SSSR count). The first-order valence-electron chi connectivity index (χ1n) is 8.26. The third kappa shape index (κ3) is 5.62. The Labute approximate surface area is 141 Å². The number of likely N-dealkylation sites (N-methyl/N-ethyl adjacent to an activating group) is 1. The average molecular weight is 327 g/mol. The summed E-state index contributed by atoms with van der Waals surface area (Å²) >= 11 is 0. The molecule has 126 valence electrons. The number of rotatable bonds is 8. The number of carbonyl (C=O) groups excluding carboxylic acids is 1. The number of carbonyl (C=O) groups is 1. The maximum absolute atomic E-state index is 12.8. The van der Waals surface area contributed by atoms with Crippen molar-refractivity contribution in [2.45, 2.75) is 59.9 Å². The molecular formula is C18H31ClN2O. The predicted octanol–water partition coefficient (Wildman–Crippen LogP) is -0.271. The second-order valence-corrected chi connectivity index (χ2v) is 5.82. The van der Waals surface area contributed by atoms with Gasteiger partial charge in [-0.2, -0.15) is 0 Å². The van der Waals surface area contributed by atoms with Gasteiger partial charge in [0.1, 0.15) is 0 Å². The molecule has 1 amide bonds. The summed E-state index contributed by atoms with van der Waals surface area (Å²) in [4.78, 5) is 14.1. The van der Waals surface area contributed by atoms with Gasteiger partial charge in [0, 0.05) is 12.1 Å². The van der Waals surface area contributed by atoms with E-state index >= 15 is 0 Å². The molecule has 1 atom stereocenters. The number of aryl methyl sites for hydroxylation is 2. The molecule has 3 nitrogen and oxygen atoms in total. The Kier molecular flexibility index (Phi) is 10.1. The van der Waals surface area contributed by atoms with Gasteiger partial charge < -0.3 is 22.6 Å². The minimum atomic E-state index is 0. The predicted molar refractivity (Wildman–Crippen MR) is 89.9 cm³/mol. The summed E-state index contributed by atoms with van der Waals surface area (Å²) in [6, 6.07) is 6.19. The first-order chi connectivity index (χ1) is 10.0. The van der Waals surface area contributed by atoms with Gasteiger partial charge in [-0.15, -0.1) is 0 Å². The van der Waals surface area contributed by atoms with Gasteiger partial charge in [0.25, 0.3) is 5.91 Å². The lowest BCUT2D eigenvalue weighted by Crippen LogP contribution is -3.16. The van der Waals surface area contributed by atoms with Crippen LogP contribution in [0.15, 0.2) is 18.2 Å². The van der Waals surface area contributed by atoms with Crippen molar-refractivity contribution in [2.75, 3.05) is 18.4 Å². The molecule has 1 aromatic rings. The van der Waals surface area contributed by atoms with E-state index in [1.807, 2.05) is 32.0 Å². The topological polar surface area (TPSA) is 33.5 Å². The van der Waals surface area contributed by atoms with E-state index in [1.165, 1.54) is 4.90 Å². The Hall–Kier alpha value is -1.06. The van der Waals surface area contributed by atoms with Crippen LogP contribution in [-0.4, -0.2) is 25.0 Å². The maximum Gasteiger partial charge on any atom is 0.282 e. The molecule has 0 bridgehead atoms. The number of unbranched alkanes of at least 4 members (excludes halogenated alkanes) is 1. The molecule has 0 aliphatic rings. The third-order valence-electron chi connectivity index (χ3n) is 4.29. The quantitative estimate of drug-likeness (QED) is 0.677. The van der Waals surface area contributed by atoms with Crippen LogP contribution in [0.25, 0.3) is 0 Å². The van der Waals surface area contributed by atoms with E-state index in [1.54, 1.807) is 0 Å². The highest BCUT2D eigenvalue weighted by atomic mass is 35.5. The van der Waals surface area contributed by atoms with E-state index in [0.29, 0.717) is 0 Å². The summed E-state index contributed by atoms with van der Waals surface area (Å²) < 4.78 is 0. The summed E-state index contributed by atoms with van der Waals surface area (Å²) in [6.45, 7) is 12.6. The molecule has 0 saturated heterocycles. The van der Waals surface area contributed by atoms with Crippen LogP contribution in [0, 0.1) is 13.8 Å². The van der Waals surface area contributed by atoms with E-state index in [0.717, 1.165) is 49.2 Å². The second kappa shape index (κ2) is 10.6. The van der Waals surface area contributed by atoms with Crippen molar-refractivity contribution >= 4 is 11.6 Å². The first-order valence-corrected chi connectivity index (χ1v) is 8.26. The number of para-hydroxylation sites is 1. The largest absolute Gasteiger partial charge is 1.00 e. The minimum Gasteiger partial charge on any atom is -1.00 e. The average Bonchev–Trinajstić information content (AvgIpc) is 2.47. The van der Waals surface area contributed by atoms with Gasteiger partial charge >= 0.3 is 0 Å². The van der Waals surface area contributed by atoms with E-state index in [4.69, 9.17) is 0 Å². The van der Waals surface area contributed by atoms with E-state index in [-0.39, 0.29) is 24.4 Å². The lowest BCUT2D eigenvalue weighted by atomic mass is 10.1. The smallest absolute Gasteiger partial charge is 0.282 e. The molecular weight excluding hydrogens is 296 g/mol. The minimum absolute atomic E-state index is 0. The van der Waals surface area contributed by atoms with E-state index in [9.17, 15) is 4.79 Å².